The number of aromatic nitrogens is 1. The molecule has 0 spiro atoms. The summed E-state index contributed by atoms with van der Waals surface area (Å²) in [7, 11) is 1.72. The third-order valence-electron chi connectivity index (χ3n) is 3.91. The minimum Gasteiger partial charge on any atom is -0.467 e. The fraction of sp³-hybridized carbons (Fsp3) is 0.353. The maximum atomic E-state index is 12.2. The number of nitrogens with one attached hydrogen (secondary N) is 1. The molecule has 6 nitrogen and oxygen atoms in total. The second-order valence-corrected chi connectivity index (χ2v) is 5.50. The van der Waals surface area contributed by atoms with Crippen LogP contribution >= 0.6 is 0 Å². The van der Waals surface area contributed by atoms with Crippen LogP contribution in [0.3, 0.4) is 0 Å². The number of amides is 1. The lowest BCUT2D eigenvalue weighted by Crippen LogP contribution is -2.26. The van der Waals surface area contributed by atoms with E-state index in [1.54, 1.807) is 38.1 Å². The van der Waals surface area contributed by atoms with Crippen LogP contribution in [0.4, 0.5) is 0 Å². The Morgan fingerprint density at radius 3 is 2.78 bits per heavy atom. The van der Waals surface area contributed by atoms with Crippen LogP contribution in [-0.2, 0) is 17.8 Å². The van der Waals surface area contributed by atoms with Crippen LogP contribution in [0.1, 0.15) is 34.6 Å². The molecule has 0 atom stereocenters. The van der Waals surface area contributed by atoms with Crippen LogP contribution in [0.5, 0.6) is 0 Å². The van der Waals surface area contributed by atoms with Gasteiger partial charge in [-0.3, -0.25) is 9.59 Å². The predicted octanol–water partition coefficient (Wildman–Crippen LogP) is 2.05. The molecule has 1 N–H and O–H groups in total. The smallest absolute Gasteiger partial charge is 0.266 e. The third-order valence-corrected chi connectivity index (χ3v) is 3.91. The summed E-state index contributed by atoms with van der Waals surface area (Å²) in [6.07, 6.45) is 2.35. The number of carbonyl (C=O) groups excluding carboxylic acids is 1. The molecule has 120 valence electrons. The van der Waals surface area contributed by atoms with Crippen molar-refractivity contribution in [2.75, 3.05) is 7.05 Å². The largest absolute Gasteiger partial charge is 0.467 e. The van der Waals surface area contributed by atoms with E-state index < -0.39 is 0 Å². The van der Waals surface area contributed by atoms with Gasteiger partial charge in [0.05, 0.1) is 12.8 Å². The number of hydrogen-bond donors (Lipinski definition) is 1. The van der Waals surface area contributed by atoms with Crippen molar-refractivity contribution in [1.29, 1.82) is 5.26 Å². The van der Waals surface area contributed by atoms with Gasteiger partial charge in [0.2, 0.25) is 5.91 Å². The molecule has 2 rings (SSSR count). The van der Waals surface area contributed by atoms with Crippen molar-refractivity contribution in [2.45, 2.75) is 33.2 Å². The van der Waals surface area contributed by atoms with E-state index in [1.165, 1.54) is 0 Å². The number of nitriles is 1. The first kappa shape index (κ1) is 16.6. The average molecular weight is 313 g/mol. The number of furan rings is 1. The van der Waals surface area contributed by atoms with Crippen LogP contribution in [-0.4, -0.2) is 22.8 Å². The summed E-state index contributed by atoms with van der Waals surface area (Å²) in [5, 5.41) is 9.07. The van der Waals surface area contributed by atoms with Crippen LogP contribution < -0.4 is 5.56 Å². The number of carbonyl (C=O) groups is 1. The van der Waals surface area contributed by atoms with Gasteiger partial charge in [-0.05, 0) is 43.5 Å². The molecule has 0 bridgehead atoms. The Hall–Kier alpha value is -2.81. The van der Waals surface area contributed by atoms with Crippen molar-refractivity contribution >= 4 is 5.91 Å². The first-order valence-corrected chi connectivity index (χ1v) is 7.32. The molecule has 23 heavy (non-hydrogen) atoms. The fourth-order valence-corrected chi connectivity index (χ4v) is 2.57. The number of aryl methyl sites for hydroxylation is 1. The molecular weight excluding hydrogens is 294 g/mol. The van der Waals surface area contributed by atoms with Crippen LogP contribution in [0.2, 0.25) is 0 Å². The topological polar surface area (TPSA) is 90.1 Å². The molecule has 6 heteroatoms. The van der Waals surface area contributed by atoms with Gasteiger partial charge in [0.15, 0.2) is 0 Å². The maximum Gasteiger partial charge on any atom is 0.266 e. The van der Waals surface area contributed by atoms with Gasteiger partial charge in [-0.15, -0.1) is 0 Å². The Morgan fingerprint density at radius 1 is 1.43 bits per heavy atom. The average Bonchev–Trinajstić information content (AvgIpc) is 2.99. The highest BCUT2D eigenvalue weighted by Crippen LogP contribution is 2.16. The van der Waals surface area contributed by atoms with Crippen molar-refractivity contribution in [2.24, 2.45) is 0 Å². The van der Waals surface area contributed by atoms with Crippen molar-refractivity contribution in [1.82, 2.24) is 9.88 Å². The molecule has 0 aliphatic heterocycles. The molecule has 0 unspecified atom stereocenters. The van der Waals surface area contributed by atoms with Gasteiger partial charge < -0.3 is 14.3 Å². The number of hydrogen-bond acceptors (Lipinski definition) is 4. The zero-order valence-corrected chi connectivity index (χ0v) is 13.5. The lowest BCUT2D eigenvalue weighted by atomic mass is 9.99. The second kappa shape index (κ2) is 6.97. The first-order chi connectivity index (χ1) is 10.9. The molecule has 0 aliphatic carbocycles. The highest BCUT2D eigenvalue weighted by molar-refractivity contribution is 5.76. The zero-order valence-electron chi connectivity index (χ0n) is 13.5. The molecule has 0 aliphatic rings. The SMILES string of the molecule is Cc1[nH]c(=O)c(C#N)c(C)c1CCC(=O)N(C)Cc1ccco1. The van der Waals surface area contributed by atoms with Gasteiger partial charge in [0, 0.05) is 19.2 Å². The molecule has 0 saturated carbocycles. The molecule has 0 fully saturated rings. The van der Waals surface area contributed by atoms with E-state index >= 15 is 0 Å². The Bertz CT molecular complexity index is 798. The molecule has 2 aromatic heterocycles. The summed E-state index contributed by atoms with van der Waals surface area (Å²) < 4.78 is 5.23. The van der Waals surface area contributed by atoms with Crippen molar-refractivity contribution in [3.63, 3.8) is 0 Å². The molecule has 0 saturated heterocycles. The van der Waals surface area contributed by atoms with E-state index in [0.717, 1.165) is 11.3 Å². The summed E-state index contributed by atoms with van der Waals surface area (Å²) in [4.78, 5) is 28.2. The minimum absolute atomic E-state index is 0.0232. The number of rotatable bonds is 5. The Balaban J connectivity index is 2.07. The first-order valence-electron chi connectivity index (χ1n) is 7.32. The molecule has 2 heterocycles. The van der Waals surface area contributed by atoms with Gasteiger partial charge in [-0.25, -0.2) is 0 Å². The van der Waals surface area contributed by atoms with E-state index in [2.05, 4.69) is 4.98 Å². The van der Waals surface area contributed by atoms with Crippen LogP contribution in [0.15, 0.2) is 27.6 Å². The minimum atomic E-state index is -0.382. The quantitative estimate of drug-likeness (QED) is 0.914. The predicted molar refractivity (Wildman–Crippen MR) is 84.8 cm³/mol. The molecule has 0 aromatic carbocycles. The monoisotopic (exact) mass is 313 g/mol. The maximum absolute atomic E-state index is 12.2. The van der Waals surface area contributed by atoms with Crippen molar-refractivity contribution < 1.29 is 9.21 Å². The molecule has 2 aromatic rings. The second-order valence-electron chi connectivity index (χ2n) is 5.50. The van der Waals surface area contributed by atoms with E-state index in [-0.39, 0.29) is 17.0 Å². The molecular formula is C17H19N3O3. The highest BCUT2D eigenvalue weighted by Gasteiger charge is 2.15. The molecule has 0 radical (unpaired) electrons. The van der Waals surface area contributed by atoms with Gasteiger partial charge in [-0.2, -0.15) is 5.26 Å². The number of H-pyrrole nitrogens is 1. The highest BCUT2D eigenvalue weighted by atomic mass is 16.3. The Kier molecular flexibility index (Phi) is 5.02. The number of nitrogens with zero attached hydrogens (tertiary/aromatic N) is 2. The Labute approximate surface area is 134 Å². The van der Waals surface area contributed by atoms with E-state index in [9.17, 15) is 9.59 Å². The van der Waals surface area contributed by atoms with E-state index in [4.69, 9.17) is 9.68 Å². The fourth-order valence-electron chi connectivity index (χ4n) is 2.57. The number of aromatic amines is 1. The van der Waals surface area contributed by atoms with E-state index in [0.29, 0.717) is 30.6 Å². The van der Waals surface area contributed by atoms with E-state index in [1.807, 2.05) is 12.1 Å². The van der Waals surface area contributed by atoms with Gasteiger partial charge in [0.1, 0.15) is 17.4 Å². The van der Waals surface area contributed by atoms with Crippen molar-refractivity contribution in [3.05, 3.63) is 56.9 Å². The standard InChI is InChI=1S/C17H19N3O3/c1-11-14(12(2)19-17(22)15(11)9-18)6-7-16(21)20(3)10-13-5-4-8-23-13/h4-5,8H,6-7,10H2,1-3H3,(H,19,22). The lowest BCUT2D eigenvalue weighted by Gasteiger charge is -2.17. The van der Waals surface area contributed by atoms with Crippen molar-refractivity contribution in [3.8, 4) is 6.07 Å². The van der Waals surface area contributed by atoms with Crippen LogP contribution in [0, 0.1) is 25.2 Å². The van der Waals surface area contributed by atoms with Gasteiger partial charge in [0.25, 0.3) is 5.56 Å². The van der Waals surface area contributed by atoms with Gasteiger partial charge >= 0.3 is 0 Å². The normalized spacial score (nSPS) is 10.3. The molecule has 1 amide bonds. The summed E-state index contributed by atoms with van der Waals surface area (Å²) in [6, 6.07) is 5.52. The number of pyridine rings is 1. The summed E-state index contributed by atoms with van der Waals surface area (Å²) >= 11 is 0. The van der Waals surface area contributed by atoms with Gasteiger partial charge in [-0.1, -0.05) is 0 Å². The van der Waals surface area contributed by atoms with Crippen LogP contribution in [0.25, 0.3) is 0 Å². The zero-order chi connectivity index (χ0) is 17.0. The third kappa shape index (κ3) is 3.69. The summed E-state index contributed by atoms with van der Waals surface area (Å²) in [5.74, 6) is 0.703. The Morgan fingerprint density at radius 2 is 2.17 bits per heavy atom. The summed E-state index contributed by atoms with van der Waals surface area (Å²) in [5.41, 5.74) is 1.93. The lowest BCUT2D eigenvalue weighted by molar-refractivity contribution is -0.130. The summed E-state index contributed by atoms with van der Waals surface area (Å²) in [6.45, 7) is 3.94.